The number of likely N-dealkylation sites (tertiary alicyclic amines) is 1. The minimum Gasteiger partial charge on any atom is -0.454 e. The number of hydrogen-bond donors (Lipinski definition) is 1. The Morgan fingerprint density at radius 1 is 0.966 bits per heavy atom. The quantitative estimate of drug-likeness (QED) is 0.621. The van der Waals surface area contributed by atoms with Gasteiger partial charge in [-0.3, -0.25) is 24.1 Å². The summed E-state index contributed by atoms with van der Waals surface area (Å²) >= 11 is 0. The Hall–Kier alpha value is -3.22. The molecule has 0 radical (unpaired) electrons. The van der Waals surface area contributed by atoms with E-state index in [0.29, 0.717) is 18.5 Å². The highest BCUT2D eigenvalue weighted by molar-refractivity contribution is 6.07. The first-order chi connectivity index (χ1) is 14.0. The number of benzene rings is 2. The molecule has 0 unspecified atom stereocenters. The average Bonchev–Trinajstić information content (AvgIpc) is 2.97. The normalized spacial score (nSPS) is 21.2. The summed E-state index contributed by atoms with van der Waals surface area (Å²) < 4.78 is 4.98. The number of rotatable bonds is 5. The van der Waals surface area contributed by atoms with Crippen LogP contribution in [0.5, 0.6) is 0 Å². The lowest BCUT2D eigenvalue weighted by atomic mass is 9.81. The van der Waals surface area contributed by atoms with E-state index in [4.69, 9.17) is 4.74 Å². The molecule has 0 bridgehead atoms. The maximum atomic E-state index is 12.4. The van der Waals surface area contributed by atoms with E-state index in [1.54, 1.807) is 6.07 Å². The second-order valence-corrected chi connectivity index (χ2v) is 7.53. The molecule has 7 nitrogen and oxygen atoms in total. The maximum Gasteiger partial charge on any atom is 0.326 e. The van der Waals surface area contributed by atoms with Gasteiger partial charge in [0.15, 0.2) is 6.61 Å². The number of fused-ring (bicyclic) bond motifs is 2. The van der Waals surface area contributed by atoms with Gasteiger partial charge in [-0.05, 0) is 35.7 Å². The van der Waals surface area contributed by atoms with E-state index in [9.17, 15) is 19.2 Å². The van der Waals surface area contributed by atoms with Crippen LogP contribution >= 0.6 is 0 Å². The van der Waals surface area contributed by atoms with Gasteiger partial charge in [-0.25, -0.2) is 0 Å². The van der Waals surface area contributed by atoms with Gasteiger partial charge in [0.25, 0.3) is 5.91 Å². The monoisotopic (exact) mass is 394 g/mol. The predicted octanol–water partition coefficient (Wildman–Crippen LogP) is 2.50. The largest absolute Gasteiger partial charge is 0.454 e. The topological polar surface area (TPSA) is 92.8 Å². The molecule has 29 heavy (non-hydrogen) atoms. The van der Waals surface area contributed by atoms with Gasteiger partial charge < -0.3 is 10.1 Å². The van der Waals surface area contributed by atoms with Crippen LogP contribution in [0.1, 0.15) is 25.7 Å². The highest BCUT2D eigenvalue weighted by Gasteiger charge is 2.48. The van der Waals surface area contributed by atoms with Crippen LogP contribution in [0, 0.1) is 11.8 Å². The van der Waals surface area contributed by atoms with E-state index in [1.165, 1.54) is 0 Å². The van der Waals surface area contributed by atoms with Gasteiger partial charge in [-0.1, -0.05) is 43.2 Å². The van der Waals surface area contributed by atoms with Crippen LogP contribution in [0.3, 0.4) is 0 Å². The number of anilines is 1. The van der Waals surface area contributed by atoms with Crippen molar-refractivity contribution in [3.05, 3.63) is 42.5 Å². The molecule has 4 rings (SSSR count). The van der Waals surface area contributed by atoms with E-state index in [-0.39, 0.29) is 23.7 Å². The molecule has 2 atom stereocenters. The fraction of sp³-hybridized carbons (Fsp3) is 0.364. The van der Waals surface area contributed by atoms with Crippen molar-refractivity contribution < 1.29 is 23.9 Å². The lowest BCUT2D eigenvalue weighted by Crippen LogP contribution is -2.37. The van der Waals surface area contributed by atoms with Crippen molar-refractivity contribution in [1.82, 2.24) is 4.90 Å². The van der Waals surface area contributed by atoms with Crippen LogP contribution in [0.2, 0.25) is 0 Å². The summed E-state index contributed by atoms with van der Waals surface area (Å²) in [7, 11) is 0. The Kier molecular flexibility index (Phi) is 5.29. The van der Waals surface area contributed by atoms with Crippen LogP contribution in [0.4, 0.5) is 5.69 Å². The third-order valence-electron chi connectivity index (χ3n) is 5.62. The third-order valence-corrected chi connectivity index (χ3v) is 5.62. The van der Waals surface area contributed by atoms with Crippen molar-refractivity contribution in [2.75, 3.05) is 18.5 Å². The fourth-order valence-corrected chi connectivity index (χ4v) is 4.17. The Morgan fingerprint density at radius 2 is 1.62 bits per heavy atom. The highest BCUT2D eigenvalue weighted by Crippen LogP contribution is 2.37. The molecule has 0 aromatic heterocycles. The molecule has 1 aliphatic carbocycles. The first-order valence-corrected chi connectivity index (χ1v) is 9.82. The third kappa shape index (κ3) is 3.99. The number of hydrogen-bond acceptors (Lipinski definition) is 5. The van der Waals surface area contributed by atoms with Crippen molar-refractivity contribution in [1.29, 1.82) is 0 Å². The standard InChI is InChI=1S/C22H22N2O5/c25-19(23-16-10-9-14-5-1-2-6-15(14)11-16)13-29-20(26)12-24-21(27)17-7-3-4-8-18(17)22(24)28/h1-2,5-6,9-11,17-18H,3-4,7-8,12-13H2,(H,23,25)/t17-,18-/m0/s1. The summed E-state index contributed by atoms with van der Waals surface area (Å²) in [5.74, 6) is -2.45. The Morgan fingerprint density at radius 3 is 2.31 bits per heavy atom. The highest BCUT2D eigenvalue weighted by atomic mass is 16.5. The first-order valence-electron chi connectivity index (χ1n) is 9.82. The zero-order valence-corrected chi connectivity index (χ0v) is 15.9. The van der Waals surface area contributed by atoms with Gasteiger partial charge in [0.2, 0.25) is 11.8 Å². The number of esters is 1. The molecule has 1 aliphatic heterocycles. The molecule has 2 aromatic rings. The van der Waals surface area contributed by atoms with Gasteiger partial charge in [0.05, 0.1) is 11.8 Å². The second kappa shape index (κ2) is 8.03. The van der Waals surface area contributed by atoms with E-state index < -0.39 is 25.0 Å². The van der Waals surface area contributed by atoms with Crippen molar-refractivity contribution in [3.63, 3.8) is 0 Å². The van der Waals surface area contributed by atoms with Gasteiger partial charge in [0.1, 0.15) is 6.54 Å². The van der Waals surface area contributed by atoms with Crippen LogP contribution in [0.15, 0.2) is 42.5 Å². The summed E-state index contributed by atoms with van der Waals surface area (Å²) in [5.41, 5.74) is 0.596. The number of carbonyl (C=O) groups is 4. The molecule has 1 saturated carbocycles. The molecule has 7 heteroatoms. The summed E-state index contributed by atoms with van der Waals surface area (Å²) in [6.07, 6.45) is 3.23. The molecular formula is C22H22N2O5. The Bertz CT molecular complexity index is 962. The van der Waals surface area contributed by atoms with Crippen molar-refractivity contribution in [3.8, 4) is 0 Å². The zero-order chi connectivity index (χ0) is 20.4. The van der Waals surface area contributed by atoms with Crippen molar-refractivity contribution in [2.24, 2.45) is 11.8 Å². The molecule has 1 saturated heterocycles. The van der Waals surface area contributed by atoms with Gasteiger partial charge in [-0.15, -0.1) is 0 Å². The molecule has 150 valence electrons. The number of nitrogens with one attached hydrogen (secondary N) is 1. The number of imide groups is 1. The number of ether oxygens (including phenoxy) is 1. The van der Waals surface area contributed by atoms with Crippen LogP contribution < -0.4 is 5.32 Å². The van der Waals surface area contributed by atoms with Gasteiger partial charge in [0, 0.05) is 5.69 Å². The van der Waals surface area contributed by atoms with E-state index >= 15 is 0 Å². The number of carbonyl (C=O) groups excluding carboxylic acids is 4. The predicted molar refractivity (Wildman–Crippen MR) is 106 cm³/mol. The molecule has 0 spiro atoms. The molecule has 3 amide bonds. The minimum atomic E-state index is -0.765. The Balaban J connectivity index is 1.29. The van der Waals surface area contributed by atoms with E-state index in [0.717, 1.165) is 28.5 Å². The zero-order valence-electron chi connectivity index (χ0n) is 15.9. The number of nitrogens with zero attached hydrogens (tertiary/aromatic N) is 1. The van der Waals surface area contributed by atoms with E-state index in [1.807, 2.05) is 36.4 Å². The molecule has 1 N–H and O–H groups in total. The summed E-state index contributed by atoms with van der Waals surface area (Å²) in [5, 5.41) is 4.71. The lowest BCUT2D eigenvalue weighted by molar-refractivity contribution is -0.154. The van der Waals surface area contributed by atoms with Crippen molar-refractivity contribution in [2.45, 2.75) is 25.7 Å². The van der Waals surface area contributed by atoms with Crippen LogP contribution in [-0.4, -0.2) is 41.7 Å². The van der Waals surface area contributed by atoms with Crippen LogP contribution in [-0.2, 0) is 23.9 Å². The first kappa shape index (κ1) is 19.1. The summed E-state index contributed by atoms with van der Waals surface area (Å²) in [6, 6.07) is 13.2. The molecule has 2 fully saturated rings. The SMILES string of the molecule is O=C(COC(=O)CN1C(=O)[C@H]2CCCC[C@@H]2C1=O)Nc1ccc2ccccc2c1. The lowest BCUT2D eigenvalue weighted by Gasteiger charge is -2.19. The maximum absolute atomic E-state index is 12.4. The number of amides is 3. The molecular weight excluding hydrogens is 372 g/mol. The molecule has 2 aliphatic rings. The fourth-order valence-electron chi connectivity index (χ4n) is 4.17. The summed E-state index contributed by atoms with van der Waals surface area (Å²) in [4.78, 5) is 49.9. The molecule has 2 aromatic carbocycles. The van der Waals surface area contributed by atoms with Crippen molar-refractivity contribution >= 4 is 40.2 Å². The Labute approximate surface area is 168 Å². The van der Waals surface area contributed by atoms with E-state index in [2.05, 4.69) is 5.32 Å². The minimum absolute atomic E-state index is 0.294. The van der Waals surface area contributed by atoms with Gasteiger partial charge >= 0.3 is 5.97 Å². The van der Waals surface area contributed by atoms with Crippen LogP contribution in [0.25, 0.3) is 10.8 Å². The van der Waals surface area contributed by atoms with Gasteiger partial charge in [-0.2, -0.15) is 0 Å². The second-order valence-electron chi connectivity index (χ2n) is 7.53. The summed E-state index contributed by atoms with van der Waals surface area (Å²) in [6.45, 7) is -0.914. The smallest absolute Gasteiger partial charge is 0.326 e. The molecule has 1 heterocycles. The average molecular weight is 394 g/mol.